The Kier molecular flexibility index (Phi) is 5.19. The van der Waals surface area contributed by atoms with Crippen LogP contribution in [0.25, 0.3) is 0 Å². The summed E-state index contributed by atoms with van der Waals surface area (Å²) < 4.78 is 45.4. The average molecular weight is 384 g/mol. The van der Waals surface area contributed by atoms with Gasteiger partial charge in [0.1, 0.15) is 15.6 Å². The third kappa shape index (κ3) is 3.74. The van der Waals surface area contributed by atoms with Crippen molar-refractivity contribution < 1.29 is 22.3 Å². The van der Waals surface area contributed by atoms with Gasteiger partial charge in [-0.05, 0) is 36.1 Å². The van der Waals surface area contributed by atoms with E-state index in [1.54, 1.807) is 18.4 Å². The van der Waals surface area contributed by atoms with Crippen LogP contribution in [0.4, 0.5) is 10.1 Å². The van der Waals surface area contributed by atoms with Crippen LogP contribution in [0.3, 0.4) is 0 Å². The molecule has 1 fully saturated rings. The molecule has 1 saturated heterocycles. The number of halogens is 1. The number of amides is 1. The highest BCUT2D eigenvalue weighted by Crippen LogP contribution is 2.27. The lowest BCUT2D eigenvalue weighted by molar-refractivity contribution is 0.0730. The molecule has 1 aromatic carbocycles. The van der Waals surface area contributed by atoms with E-state index in [1.807, 2.05) is 0 Å². The first kappa shape index (κ1) is 18.0. The molecule has 6 nitrogen and oxygen atoms in total. The Bertz CT molecular complexity index is 889. The first-order valence-corrected chi connectivity index (χ1v) is 9.94. The Hall–Kier alpha value is -1.81. The molecule has 0 bridgehead atoms. The number of nitrogens with one attached hydrogen (secondary N) is 1. The van der Waals surface area contributed by atoms with Crippen molar-refractivity contribution in [2.24, 2.45) is 0 Å². The Morgan fingerprint density at radius 3 is 2.72 bits per heavy atom. The van der Waals surface area contributed by atoms with Crippen LogP contribution < -0.4 is 5.32 Å². The average Bonchev–Trinajstić information content (AvgIpc) is 3.09. The van der Waals surface area contributed by atoms with Crippen molar-refractivity contribution >= 4 is 33.0 Å². The fourth-order valence-electron chi connectivity index (χ4n) is 2.50. The zero-order valence-corrected chi connectivity index (χ0v) is 15.1. The summed E-state index contributed by atoms with van der Waals surface area (Å²) in [6, 6.07) is 5.47. The summed E-state index contributed by atoms with van der Waals surface area (Å²) in [5, 5.41) is 4.15. The molecule has 0 atom stereocenters. The maximum Gasteiger partial charge on any atom is 0.267 e. The van der Waals surface area contributed by atoms with E-state index in [9.17, 15) is 17.6 Å². The van der Waals surface area contributed by atoms with Gasteiger partial charge in [0.15, 0.2) is 0 Å². The van der Waals surface area contributed by atoms with Crippen molar-refractivity contribution in [2.45, 2.75) is 11.8 Å². The molecule has 0 spiro atoms. The first-order valence-electron chi connectivity index (χ1n) is 7.62. The molecule has 134 valence electrons. The zero-order chi connectivity index (χ0) is 18.0. The quantitative estimate of drug-likeness (QED) is 0.879. The summed E-state index contributed by atoms with van der Waals surface area (Å²) in [4.78, 5) is 12.6. The number of carbonyl (C=O) groups excluding carboxylic acids is 1. The molecule has 25 heavy (non-hydrogen) atoms. The van der Waals surface area contributed by atoms with Crippen molar-refractivity contribution in [3.8, 4) is 0 Å². The first-order chi connectivity index (χ1) is 11.9. The molecule has 1 aromatic heterocycles. The summed E-state index contributed by atoms with van der Waals surface area (Å²) in [5.74, 6) is -1.05. The monoisotopic (exact) mass is 384 g/mol. The smallest absolute Gasteiger partial charge is 0.267 e. The van der Waals surface area contributed by atoms with Crippen LogP contribution in [0.2, 0.25) is 0 Å². The van der Waals surface area contributed by atoms with Gasteiger partial charge in [-0.1, -0.05) is 6.07 Å². The van der Waals surface area contributed by atoms with Crippen LogP contribution in [0.15, 0.2) is 34.5 Å². The predicted molar refractivity (Wildman–Crippen MR) is 93.0 cm³/mol. The van der Waals surface area contributed by atoms with E-state index < -0.39 is 21.7 Å². The minimum absolute atomic E-state index is 0.0362. The maximum absolute atomic E-state index is 13.4. The van der Waals surface area contributed by atoms with Gasteiger partial charge in [0.05, 0.1) is 13.2 Å². The number of benzene rings is 1. The van der Waals surface area contributed by atoms with Crippen molar-refractivity contribution in [1.82, 2.24) is 4.31 Å². The van der Waals surface area contributed by atoms with Crippen LogP contribution in [0.1, 0.15) is 15.2 Å². The lowest BCUT2D eigenvalue weighted by atomic mass is 10.2. The number of thiophene rings is 1. The number of aryl methyl sites for hydroxylation is 1. The highest BCUT2D eigenvalue weighted by atomic mass is 32.2. The lowest BCUT2D eigenvalue weighted by Crippen LogP contribution is -2.41. The maximum atomic E-state index is 13.4. The van der Waals surface area contributed by atoms with Gasteiger partial charge in [-0.3, -0.25) is 4.79 Å². The predicted octanol–water partition coefficient (Wildman–Crippen LogP) is 2.47. The normalized spacial score (nSPS) is 15.9. The van der Waals surface area contributed by atoms with Gasteiger partial charge >= 0.3 is 0 Å². The molecule has 1 N–H and O–H groups in total. The second-order valence-electron chi connectivity index (χ2n) is 5.54. The van der Waals surface area contributed by atoms with Gasteiger partial charge in [-0.15, -0.1) is 11.3 Å². The second-order valence-corrected chi connectivity index (χ2v) is 8.37. The second kappa shape index (κ2) is 7.20. The van der Waals surface area contributed by atoms with Crippen molar-refractivity contribution in [1.29, 1.82) is 0 Å². The zero-order valence-electron chi connectivity index (χ0n) is 13.5. The van der Waals surface area contributed by atoms with E-state index in [4.69, 9.17) is 4.74 Å². The standard InChI is InChI=1S/C16H17FN2O4S2/c1-11-2-3-12(17)10-13(11)18-16(20)15-14(4-9-24-15)25(21,22)19-5-7-23-8-6-19/h2-4,9-10H,5-8H2,1H3,(H,18,20). The number of anilines is 1. The number of hydrogen-bond acceptors (Lipinski definition) is 5. The Labute approximate surface area is 149 Å². The van der Waals surface area contributed by atoms with Gasteiger partial charge in [0, 0.05) is 18.8 Å². The van der Waals surface area contributed by atoms with E-state index in [1.165, 1.54) is 22.5 Å². The van der Waals surface area contributed by atoms with E-state index in [0.717, 1.165) is 11.3 Å². The minimum Gasteiger partial charge on any atom is -0.379 e. The van der Waals surface area contributed by atoms with Crippen LogP contribution in [-0.2, 0) is 14.8 Å². The van der Waals surface area contributed by atoms with Crippen LogP contribution >= 0.6 is 11.3 Å². The summed E-state index contributed by atoms with van der Waals surface area (Å²) in [6.45, 7) is 2.89. The molecule has 0 aliphatic carbocycles. The summed E-state index contributed by atoms with van der Waals surface area (Å²) in [6.07, 6.45) is 0. The van der Waals surface area contributed by atoms with Crippen LogP contribution in [0, 0.1) is 12.7 Å². The summed E-state index contributed by atoms with van der Waals surface area (Å²) in [5.41, 5.74) is 0.997. The fraction of sp³-hybridized carbons (Fsp3) is 0.312. The largest absolute Gasteiger partial charge is 0.379 e. The van der Waals surface area contributed by atoms with Gasteiger partial charge in [-0.25, -0.2) is 12.8 Å². The summed E-state index contributed by atoms with van der Waals surface area (Å²) >= 11 is 1.03. The number of carbonyl (C=O) groups is 1. The lowest BCUT2D eigenvalue weighted by Gasteiger charge is -2.26. The molecule has 9 heteroatoms. The highest BCUT2D eigenvalue weighted by molar-refractivity contribution is 7.89. The number of ether oxygens (including phenoxy) is 1. The molecular formula is C16H17FN2O4S2. The molecule has 1 aliphatic heterocycles. The number of morpholine rings is 1. The van der Waals surface area contributed by atoms with Crippen molar-refractivity contribution in [3.63, 3.8) is 0 Å². The molecule has 2 aromatic rings. The number of nitrogens with zero attached hydrogens (tertiary/aromatic N) is 1. The minimum atomic E-state index is -3.78. The highest BCUT2D eigenvalue weighted by Gasteiger charge is 2.31. The topological polar surface area (TPSA) is 75.7 Å². The van der Waals surface area contributed by atoms with Crippen molar-refractivity contribution in [2.75, 3.05) is 31.6 Å². The molecule has 1 amide bonds. The molecule has 0 unspecified atom stereocenters. The molecule has 0 radical (unpaired) electrons. The molecular weight excluding hydrogens is 367 g/mol. The molecule has 0 saturated carbocycles. The Morgan fingerprint density at radius 2 is 2.00 bits per heavy atom. The van der Waals surface area contributed by atoms with E-state index >= 15 is 0 Å². The Balaban J connectivity index is 1.88. The summed E-state index contributed by atoms with van der Waals surface area (Å²) in [7, 11) is -3.78. The van der Waals surface area contributed by atoms with Gasteiger partial charge in [0.2, 0.25) is 10.0 Å². The molecule has 1 aliphatic rings. The van der Waals surface area contributed by atoms with E-state index in [-0.39, 0.29) is 22.9 Å². The SMILES string of the molecule is Cc1ccc(F)cc1NC(=O)c1sccc1S(=O)(=O)N1CCOCC1. The van der Waals surface area contributed by atoms with Crippen LogP contribution in [0.5, 0.6) is 0 Å². The third-order valence-corrected chi connectivity index (χ3v) is 6.85. The van der Waals surface area contributed by atoms with Gasteiger partial charge in [0.25, 0.3) is 5.91 Å². The third-order valence-electron chi connectivity index (χ3n) is 3.87. The Morgan fingerprint density at radius 1 is 1.28 bits per heavy atom. The van der Waals surface area contributed by atoms with E-state index in [2.05, 4.69) is 5.32 Å². The van der Waals surface area contributed by atoms with Crippen molar-refractivity contribution in [3.05, 3.63) is 45.9 Å². The number of hydrogen-bond donors (Lipinski definition) is 1. The molecule has 3 rings (SSSR count). The molecule has 2 heterocycles. The van der Waals surface area contributed by atoms with Gasteiger partial charge < -0.3 is 10.1 Å². The van der Waals surface area contributed by atoms with Gasteiger partial charge in [-0.2, -0.15) is 4.31 Å². The number of rotatable bonds is 4. The van der Waals surface area contributed by atoms with Crippen LogP contribution in [-0.4, -0.2) is 44.9 Å². The number of sulfonamides is 1. The fourth-order valence-corrected chi connectivity index (χ4v) is 5.20. The van der Waals surface area contributed by atoms with E-state index in [0.29, 0.717) is 24.5 Å².